The third-order valence-electron chi connectivity index (χ3n) is 4.93. The van der Waals surface area contributed by atoms with E-state index in [1.807, 2.05) is 21.0 Å². The van der Waals surface area contributed by atoms with E-state index >= 15 is 0 Å². The Kier molecular flexibility index (Phi) is 5.53. The zero-order valence-electron chi connectivity index (χ0n) is 17.7. The number of halogens is 1. The highest BCUT2D eigenvalue weighted by Crippen LogP contribution is 2.29. The van der Waals surface area contributed by atoms with Gasteiger partial charge in [-0.25, -0.2) is 17.9 Å². The maximum Gasteiger partial charge on any atom is 0.256 e. The Hall–Kier alpha value is -3.57. The average molecular weight is 456 g/mol. The minimum absolute atomic E-state index is 0.0270. The third-order valence-corrected chi connectivity index (χ3v) is 5.90. The molecule has 0 atom stereocenters. The van der Waals surface area contributed by atoms with Gasteiger partial charge in [-0.2, -0.15) is 4.98 Å². The largest absolute Gasteiger partial charge is 0.363 e. The van der Waals surface area contributed by atoms with Crippen LogP contribution >= 0.6 is 0 Å². The Morgan fingerprint density at radius 1 is 1.12 bits per heavy atom. The lowest BCUT2D eigenvalue weighted by Crippen LogP contribution is -2.18. The Labute approximate surface area is 184 Å². The summed E-state index contributed by atoms with van der Waals surface area (Å²) in [6.07, 6.45) is 0. The molecule has 2 aromatic heterocycles. The van der Waals surface area contributed by atoms with Crippen LogP contribution in [0.15, 0.2) is 53.4 Å². The number of fused-ring (bicyclic) bond motifs is 1. The van der Waals surface area contributed by atoms with E-state index in [1.165, 1.54) is 18.2 Å². The van der Waals surface area contributed by atoms with Gasteiger partial charge >= 0.3 is 0 Å². The van der Waals surface area contributed by atoms with Crippen molar-refractivity contribution in [2.45, 2.75) is 18.4 Å². The number of rotatable bonds is 6. The van der Waals surface area contributed by atoms with Crippen LogP contribution < -0.4 is 15.4 Å². The molecule has 2 heterocycles. The highest BCUT2D eigenvalue weighted by molar-refractivity contribution is 7.89. The van der Waals surface area contributed by atoms with Crippen LogP contribution in [0, 0.1) is 12.7 Å². The van der Waals surface area contributed by atoms with Gasteiger partial charge in [-0.05, 0) is 42.8 Å². The van der Waals surface area contributed by atoms with Crippen molar-refractivity contribution in [1.82, 2.24) is 19.7 Å². The SMILES string of the molecule is Cc1cc2c(S(N)(=O)=O)cccc2n1-c1nnc(N(C)C)c(NCc2cccc(F)c2)n1. The van der Waals surface area contributed by atoms with Crippen molar-refractivity contribution >= 4 is 32.6 Å². The molecule has 0 bridgehead atoms. The van der Waals surface area contributed by atoms with E-state index in [0.29, 0.717) is 34.8 Å². The fourth-order valence-electron chi connectivity index (χ4n) is 3.51. The van der Waals surface area contributed by atoms with Gasteiger partial charge < -0.3 is 10.2 Å². The number of aromatic nitrogens is 4. The summed E-state index contributed by atoms with van der Waals surface area (Å²) in [6.45, 7) is 2.15. The number of primary sulfonamides is 1. The van der Waals surface area contributed by atoms with Crippen molar-refractivity contribution in [2.75, 3.05) is 24.3 Å². The lowest BCUT2D eigenvalue weighted by atomic mass is 10.2. The predicted molar refractivity (Wildman–Crippen MR) is 121 cm³/mol. The highest BCUT2D eigenvalue weighted by Gasteiger charge is 2.19. The van der Waals surface area contributed by atoms with Crippen LogP contribution in [-0.4, -0.2) is 42.3 Å². The van der Waals surface area contributed by atoms with Crippen LogP contribution in [0.4, 0.5) is 16.0 Å². The van der Waals surface area contributed by atoms with Gasteiger partial charge in [0, 0.05) is 31.7 Å². The van der Waals surface area contributed by atoms with Gasteiger partial charge in [0.15, 0.2) is 11.6 Å². The van der Waals surface area contributed by atoms with Gasteiger partial charge in [-0.3, -0.25) is 4.57 Å². The Balaban J connectivity index is 1.80. The van der Waals surface area contributed by atoms with Gasteiger partial charge in [0.05, 0.1) is 10.4 Å². The van der Waals surface area contributed by atoms with Gasteiger partial charge in [-0.1, -0.05) is 18.2 Å². The molecule has 0 amide bonds. The molecule has 4 aromatic rings. The Morgan fingerprint density at radius 3 is 2.56 bits per heavy atom. The molecule has 9 nitrogen and oxygen atoms in total. The molecule has 11 heteroatoms. The zero-order chi connectivity index (χ0) is 23.0. The third kappa shape index (κ3) is 4.12. The van der Waals surface area contributed by atoms with Crippen molar-refractivity contribution in [1.29, 1.82) is 0 Å². The summed E-state index contributed by atoms with van der Waals surface area (Å²) >= 11 is 0. The van der Waals surface area contributed by atoms with E-state index in [9.17, 15) is 12.8 Å². The lowest BCUT2D eigenvalue weighted by molar-refractivity contribution is 0.598. The molecule has 0 radical (unpaired) electrons. The summed E-state index contributed by atoms with van der Waals surface area (Å²) in [6, 6.07) is 12.8. The number of nitrogens with zero attached hydrogens (tertiary/aromatic N) is 5. The first kappa shape index (κ1) is 21.7. The number of benzene rings is 2. The Bertz CT molecular complexity index is 1420. The van der Waals surface area contributed by atoms with Gasteiger partial charge in [0.2, 0.25) is 10.0 Å². The van der Waals surface area contributed by atoms with Crippen molar-refractivity contribution in [3.05, 3.63) is 65.6 Å². The molecule has 4 rings (SSSR count). The molecule has 0 fully saturated rings. The molecule has 166 valence electrons. The van der Waals surface area contributed by atoms with Crippen LogP contribution in [0.1, 0.15) is 11.3 Å². The van der Waals surface area contributed by atoms with E-state index < -0.39 is 10.0 Å². The fourth-order valence-corrected chi connectivity index (χ4v) is 4.25. The summed E-state index contributed by atoms with van der Waals surface area (Å²) in [5, 5.41) is 17.6. The molecule has 32 heavy (non-hydrogen) atoms. The number of anilines is 2. The van der Waals surface area contributed by atoms with Crippen molar-refractivity contribution in [3.63, 3.8) is 0 Å². The first-order valence-corrected chi connectivity index (χ1v) is 11.2. The summed E-state index contributed by atoms with van der Waals surface area (Å²) in [7, 11) is -0.278. The van der Waals surface area contributed by atoms with Crippen molar-refractivity contribution in [2.24, 2.45) is 5.14 Å². The summed E-state index contributed by atoms with van der Waals surface area (Å²) in [5.41, 5.74) is 2.05. The van der Waals surface area contributed by atoms with Gasteiger partial charge in [0.1, 0.15) is 5.82 Å². The standard InChI is InChI=1S/C21H22FN7O2S/c1-13-10-16-17(8-5-9-18(16)32(23,30)31)29(13)21-25-19(20(26-27-21)28(2)3)24-12-14-6-4-7-15(22)11-14/h4-11H,12H2,1-3H3,(H2,23,30,31)(H,24,25,27). The van der Waals surface area contributed by atoms with E-state index in [2.05, 4.69) is 20.5 Å². The number of nitrogens with two attached hydrogens (primary N) is 1. The zero-order valence-corrected chi connectivity index (χ0v) is 18.6. The van der Waals surface area contributed by atoms with E-state index in [1.54, 1.807) is 39.8 Å². The molecule has 3 N–H and O–H groups in total. The molecule has 2 aromatic carbocycles. The molecular weight excluding hydrogens is 433 g/mol. The minimum Gasteiger partial charge on any atom is -0.363 e. The summed E-state index contributed by atoms with van der Waals surface area (Å²) < 4.78 is 39.3. The quantitative estimate of drug-likeness (QED) is 0.459. The number of sulfonamides is 1. The number of hydrogen-bond donors (Lipinski definition) is 2. The van der Waals surface area contributed by atoms with Crippen molar-refractivity contribution < 1.29 is 12.8 Å². The lowest BCUT2D eigenvalue weighted by Gasteiger charge is -2.17. The second-order valence-electron chi connectivity index (χ2n) is 7.52. The van der Waals surface area contributed by atoms with Crippen molar-refractivity contribution in [3.8, 4) is 5.95 Å². The minimum atomic E-state index is -3.90. The molecule has 0 spiro atoms. The van der Waals surface area contributed by atoms with E-state index in [-0.39, 0.29) is 16.7 Å². The molecular formula is C21H22FN7O2S. The second kappa shape index (κ2) is 8.17. The van der Waals surface area contributed by atoms with Crippen LogP contribution in [0.3, 0.4) is 0 Å². The average Bonchev–Trinajstić information content (AvgIpc) is 3.06. The van der Waals surface area contributed by atoms with Crippen LogP contribution in [0.25, 0.3) is 16.9 Å². The number of hydrogen-bond acceptors (Lipinski definition) is 7. The Morgan fingerprint density at radius 2 is 1.88 bits per heavy atom. The fraction of sp³-hybridized carbons (Fsp3) is 0.190. The number of aryl methyl sites for hydroxylation is 1. The second-order valence-corrected chi connectivity index (χ2v) is 9.05. The van der Waals surface area contributed by atoms with Gasteiger partial charge in [-0.15, -0.1) is 10.2 Å². The van der Waals surface area contributed by atoms with Crippen LogP contribution in [-0.2, 0) is 16.6 Å². The first-order valence-electron chi connectivity index (χ1n) is 9.70. The maximum absolute atomic E-state index is 13.5. The topological polar surface area (TPSA) is 119 Å². The summed E-state index contributed by atoms with van der Waals surface area (Å²) in [5.74, 6) is 0.896. The normalized spacial score (nSPS) is 11.7. The van der Waals surface area contributed by atoms with E-state index in [4.69, 9.17) is 5.14 Å². The van der Waals surface area contributed by atoms with Crippen LogP contribution in [0.2, 0.25) is 0 Å². The van der Waals surface area contributed by atoms with Crippen LogP contribution in [0.5, 0.6) is 0 Å². The predicted octanol–water partition coefficient (Wildman–Crippen LogP) is 2.59. The molecule has 0 saturated carbocycles. The van der Waals surface area contributed by atoms with Gasteiger partial charge in [0.25, 0.3) is 5.95 Å². The maximum atomic E-state index is 13.5. The molecule has 0 aliphatic rings. The molecule has 0 aliphatic heterocycles. The van der Waals surface area contributed by atoms with E-state index in [0.717, 1.165) is 5.56 Å². The summed E-state index contributed by atoms with van der Waals surface area (Å²) in [4.78, 5) is 6.43. The smallest absolute Gasteiger partial charge is 0.256 e. The molecule has 0 saturated heterocycles. The molecule has 0 unspecified atom stereocenters. The highest BCUT2D eigenvalue weighted by atomic mass is 32.2. The molecule has 0 aliphatic carbocycles. The number of nitrogens with one attached hydrogen (secondary N) is 1. The monoisotopic (exact) mass is 455 g/mol. The first-order chi connectivity index (χ1) is 15.1.